The van der Waals surface area contributed by atoms with Gasteiger partial charge in [-0.05, 0) is 30.4 Å². The van der Waals surface area contributed by atoms with Crippen LogP contribution in [-0.2, 0) is 11.2 Å². The van der Waals surface area contributed by atoms with Crippen molar-refractivity contribution in [2.75, 3.05) is 0 Å². The molecule has 1 N–H and O–H groups in total. The third-order valence-corrected chi connectivity index (χ3v) is 2.49. The maximum Gasteiger partial charge on any atom is 2.00 e. The van der Waals surface area contributed by atoms with Gasteiger partial charge in [0.05, 0.1) is 5.92 Å². The van der Waals surface area contributed by atoms with E-state index in [4.69, 9.17) is 5.11 Å². The number of aliphatic carboxylic acids is 1. The van der Waals surface area contributed by atoms with Crippen molar-refractivity contribution in [1.82, 2.24) is 0 Å². The summed E-state index contributed by atoms with van der Waals surface area (Å²) in [6, 6.07) is 7.87. The van der Waals surface area contributed by atoms with Crippen molar-refractivity contribution in [3.8, 4) is 0 Å². The Labute approximate surface area is 113 Å². The van der Waals surface area contributed by atoms with E-state index in [2.05, 4.69) is 13.8 Å². The Morgan fingerprint density at radius 2 is 1.69 bits per heavy atom. The van der Waals surface area contributed by atoms with E-state index >= 15 is 0 Å². The SMILES string of the molecule is CC(C)Cc1ccc(C(C)C(=O)O)cc1.[Mg+2]. The van der Waals surface area contributed by atoms with E-state index in [0.29, 0.717) is 5.92 Å². The monoisotopic (exact) mass is 230 g/mol. The summed E-state index contributed by atoms with van der Waals surface area (Å²) in [4.78, 5) is 10.8. The molecule has 0 aliphatic rings. The zero-order valence-electron chi connectivity index (χ0n) is 10.2. The van der Waals surface area contributed by atoms with E-state index in [-0.39, 0.29) is 23.1 Å². The second-order valence-corrected chi connectivity index (χ2v) is 4.40. The van der Waals surface area contributed by atoms with Gasteiger partial charge in [0, 0.05) is 0 Å². The summed E-state index contributed by atoms with van der Waals surface area (Å²) in [7, 11) is 0. The van der Waals surface area contributed by atoms with Gasteiger partial charge in [0.15, 0.2) is 0 Å². The largest absolute Gasteiger partial charge is 2.00 e. The van der Waals surface area contributed by atoms with E-state index in [9.17, 15) is 4.79 Å². The molecule has 0 aromatic heterocycles. The summed E-state index contributed by atoms with van der Waals surface area (Å²) in [5.74, 6) is -0.558. The zero-order chi connectivity index (χ0) is 11.4. The van der Waals surface area contributed by atoms with E-state index in [0.717, 1.165) is 12.0 Å². The Hall–Kier alpha value is -0.544. The fourth-order valence-electron chi connectivity index (χ4n) is 1.56. The van der Waals surface area contributed by atoms with Crippen LogP contribution >= 0.6 is 0 Å². The molecular weight excluding hydrogens is 212 g/mol. The molecular formula is C13H18MgO2+2. The van der Waals surface area contributed by atoms with Crippen molar-refractivity contribution < 1.29 is 9.90 Å². The molecule has 0 bridgehead atoms. The predicted octanol–water partition coefficient (Wildman–Crippen LogP) is 2.69. The van der Waals surface area contributed by atoms with Gasteiger partial charge in [-0.1, -0.05) is 38.1 Å². The van der Waals surface area contributed by atoms with E-state index < -0.39 is 11.9 Å². The van der Waals surface area contributed by atoms with Crippen LogP contribution in [0.5, 0.6) is 0 Å². The number of carboxylic acid groups (broad SMARTS) is 1. The number of carbonyl (C=O) groups is 1. The number of benzene rings is 1. The molecule has 0 saturated heterocycles. The first-order chi connectivity index (χ1) is 7.00. The molecule has 1 rings (SSSR count). The average Bonchev–Trinajstić information content (AvgIpc) is 2.17. The molecule has 2 nitrogen and oxygen atoms in total. The van der Waals surface area contributed by atoms with Gasteiger partial charge in [-0.25, -0.2) is 0 Å². The minimum Gasteiger partial charge on any atom is -0.481 e. The third kappa shape index (κ3) is 4.54. The van der Waals surface area contributed by atoms with Gasteiger partial charge in [0.1, 0.15) is 0 Å². The van der Waals surface area contributed by atoms with Crippen LogP contribution in [0, 0.1) is 5.92 Å². The summed E-state index contributed by atoms with van der Waals surface area (Å²) in [5.41, 5.74) is 2.14. The number of hydrogen-bond donors (Lipinski definition) is 1. The molecule has 1 aromatic carbocycles. The van der Waals surface area contributed by atoms with Crippen LogP contribution in [0.15, 0.2) is 24.3 Å². The molecule has 0 heterocycles. The Kier molecular flexibility index (Phi) is 6.68. The van der Waals surface area contributed by atoms with E-state index in [1.807, 2.05) is 24.3 Å². The second kappa shape index (κ2) is 6.91. The number of rotatable bonds is 4. The van der Waals surface area contributed by atoms with Gasteiger partial charge in [-0.3, -0.25) is 4.79 Å². The standard InChI is InChI=1S/C13H18O2.Mg/c1-9(2)8-11-4-6-12(7-5-11)10(3)13(14)15;/h4-7,9-10H,8H2,1-3H3,(H,14,15);/q;+2. The first-order valence-electron chi connectivity index (χ1n) is 5.32. The van der Waals surface area contributed by atoms with Crippen molar-refractivity contribution in [3.05, 3.63) is 35.4 Å². The fraction of sp³-hybridized carbons (Fsp3) is 0.462. The normalized spacial score (nSPS) is 12.0. The molecule has 3 heteroatoms. The van der Waals surface area contributed by atoms with E-state index in [1.54, 1.807) is 6.92 Å². The summed E-state index contributed by atoms with van der Waals surface area (Å²) in [6.07, 6.45) is 1.04. The van der Waals surface area contributed by atoms with Gasteiger partial charge >= 0.3 is 29.0 Å². The fourth-order valence-corrected chi connectivity index (χ4v) is 1.56. The molecule has 0 spiro atoms. The van der Waals surface area contributed by atoms with Crippen LogP contribution < -0.4 is 0 Å². The Morgan fingerprint density at radius 1 is 1.19 bits per heavy atom. The molecule has 16 heavy (non-hydrogen) atoms. The van der Waals surface area contributed by atoms with Crippen LogP contribution in [0.2, 0.25) is 0 Å². The van der Waals surface area contributed by atoms with Crippen LogP contribution in [0.1, 0.15) is 37.8 Å². The third-order valence-electron chi connectivity index (χ3n) is 2.49. The van der Waals surface area contributed by atoms with Crippen LogP contribution in [0.25, 0.3) is 0 Å². The summed E-state index contributed by atoms with van der Waals surface area (Å²) >= 11 is 0. The van der Waals surface area contributed by atoms with Crippen molar-refractivity contribution in [1.29, 1.82) is 0 Å². The van der Waals surface area contributed by atoms with Gasteiger partial charge in [-0.2, -0.15) is 0 Å². The molecule has 0 fully saturated rings. The molecule has 0 radical (unpaired) electrons. The second-order valence-electron chi connectivity index (χ2n) is 4.40. The molecule has 0 aliphatic carbocycles. The Bertz CT molecular complexity index is 330. The molecule has 0 aliphatic heterocycles. The Morgan fingerprint density at radius 3 is 2.06 bits per heavy atom. The topological polar surface area (TPSA) is 37.3 Å². The maximum absolute atomic E-state index is 10.8. The molecule has 1 aromatic rings. The van der Waals surface area contributed by atoms with Gasteiger partial charge in [0.2, 0.25) is 0 Å². The van der Waals surface area contributed by atoms with Crippen LogP contribution in [-0.4, -0.2) is 34.1 Å². The first-order valence-corrected chi connectivity index (χ1v) is 5.32. The molecule has 1 unspecified atom stereocenters. The first kappa shape index (κ1) is 15.5. The van der Waals surface area contributed by atoms with Crippen molar-refractivity contribution >= 4 is 29.0 Å². The average molecular weight is 231 g/mol. The summed E-state index contributed by atoms with van der Waals surface area (Å²) in [5, 5.41) is 8.85. The zero-order valence-corrected chi connectivity index (χ0v) is 11.6. The smallest absolute Gasteiger partial charge is 0.481 e. The quantitative estimate of drug-likeness (QED) is 0.808. The van der Waals surface area contributed by atoms with Crippen molar-refractivity contribution in [3.63, 3.8) is 0 Å². The maximum atomic E-state index is 10.8. The summed E-state index contributed by atoms with van der Waals surface area (Å²) < 4.78 is 0. The van der Waals surface area contributed by atoms with Gasteiger partial charge < -0.3 is 5.11 Å². The van der Waals surface area contributed by atoms with Crippen molar-refractivity contribution in [2.24, 2.45) is 5.92 Å². The number of hydrogen-bond acceptors (Lipinski definition) is 1. The van der Waals surface area contributed by atoms with Gasteiger partial charge in [-0.15, -0.1) is 0 Å². The minimum absolute atomic E-state index is 0. The molecule has 82 valence electrons. The summed E-state index contributed by atoms with van der Waals surface area (Å²) in [6.45, 7) is 6.06. The predicted molar refractivity (Wildman–Crippen MR) is 66.8 cm³/mol. The van der Waals surface area contributed by atoms with Crippen LogP contribution in [0.4, 0.5) is 0 Å². The van der Waals surface area contributed by atoms with Crippen molar-refractivity contribution in [2.45, 2.75) is 33.1 Å². The molecule has 1 atom stereocenters. The molecule has 0 saturated carbocycles. The Balaban J connectivity index is 0.00000225. The number of carboxylic acids is 1. The van der Waals surface area contributed by atoms with Gasteiger partial charge in [0.25, 0.3) is 0 Å². The minimum atomic E-state index is -0.772. The molecule has 0 amide bonds. The van der Waals surface area contributed by atoms with E-state index in [1.165, 1.54) is 5.56 Å². The van der Waals surface area contributed by atoms with Crippen LogP contribution in [0.3, 0.4) is 0 Å².